The molecule has 0 radical (unpaired) electrons. The fourth-order valence-electron chi connectivity index (χ4n) is 1.72. The lowest BCUT2D eigenvalue weighted by Crippen LogP contribution is -2.30. The van der Waals surface area contributed by atoms with Crippen LogP contribution in [0.2, 0.25) is 0 Å². The van der Waals surface area contributed by atoms with Gasteiger partial charge in [-0.2, -0.15) is 13.2 Å². The van der Waals surface area contributed by atoms with E-state index < -0.39 is 22.4 Å². The summed E-state index contributed by atoms with van der Waals surface area (Å²) < 4.78 is 38.4. The first-order valence-corrected chi connectivity index (χ1v) is 5.63. The Hall–Kier alpha value is -1.87. The van der Waals surface area contributed by atoms with Gasteiger partial charge in [-0.1, -0.05) is 0 Å². The first kappa shape index (κ1) is 16.2. The van der Waals surface area contributed by atoms with Crippen molar-refractivity contribution in [3.63, 3.8) is 0 Å². The van der Waals surface area contributed by atoms with Crippen molar-refractivity contribution in [3.05, 3.63) is 33.9 Å². The number of rotatable bonds is 6. The fourth-order valence-corrected chi connectivity index (χ4v) is 1.72. The monoisotopic (exact) mass is 294 g/mol. The van der Waals surface area contributed by atoms with E-state index in [1.54, 1.807) is 0 Å². The first-order valence-electron chi connectivity index (χ1n) is 5.63. The number of nitrogens with zero attached hydrogens (tertiary/aromatic N) is 2. The molecule has 9 heteroatoms. The number of alkyl halides is 3. The second-order valence-electron chi connectivity index (χ2n) is 3.89. The summed E-state index contributed by atoms with van der Waals surface area (Å²) in [6.07, 6.45) is -4.86. The Balaban J connectivity index is 3.27. The highest BCUT2D eigenvalue weighted by atomic mass is 19.4. The molecule has 0 saturated heterocycles. The van der Waals surface area contributed by atoms with E-state index in [1.807, 2.05) is 0 Å². The van der Waals surface area contributed by atoms with E-state index in [0.717, 1.165) is 12.1 Å². The second kappa shape index (κ2) is 6.53. The van der Waals surface area contributed by atoms with Crippen LogP contribution in [-0.2, 0) is 6.18 Å². The number of benzene rings is 1. The summed E-state index contributed by atoms with van der Waals surface area (Å²) in [5.74, 6) is 0. The number of hydrogen-bond acceptors (Lipinski definition) is 5. The van der Waals surface area contributed by atoms with Crippen LogP contribution in [0.3, 0.4) is 0 Å². The quantitative estimate of drug-likeness (QED) is 0.612. The maximum atomic E-state index is 12.8. The van der Waals surface area contributed by atoms with Gasteiger partial charge in [-0.15, -0.1) is 0 Å². The zero-order valence-electron chi connectivity index (χ0n) is 10.3. The van der Waals surface area contributed by atoms with E-state index in [2.05, 4.69) is 0 Å². The maximum Gasteiger partial charge on any atom is 0.423 e. The molecular formula is C11H13F3N2O4. The average molecular weight is 294 g/mol. The molecule has 112 valence electrons. The van der Waals surface area contributed by atoms with Crippen molar-refractivity contribution in [1.29, 1.82) is 0 Å². The lowest BCUT2D eigenvalue weighted by atomic mass is 10.1. The minimum Gasteiger partial charge on any atom is -0.395 e. The number of hydrogen-bond donors (Lipinski definition) is 2. The van der Waals surface area contributed by atoms with E-state index in [4.69, 9.17) is 10.2 Å². The number of aliphatic hydroxyl groups is 2. The van der Waals surface area contributed by atoms with E-state index >= 15 is 0 Å². The zero-order valence-corrected chi connectivity index (χ0v) is 10.3. The van der Waals surface area contributed by atoms with Gasteiger partial charge < -0.3 is 15.1 Å². The normalized spacial score (nSPS) is 11.4. The van der Waals surface area contributed by atoms with Crippen LogP contribution < -0.4 is 4.90 Å². The minimum atomic E-state index is -4.86. The van der Waals surface area contributed by atoms with Crippen molar-refractivity contribution in [2.45, 2.75) is 6.18 Å². The fraction of sp³-hybridized carbons (Fsp3) is 0.455. The summed E-state index contributed by atoms with van der Waals surface area (Å²) in [6, 6.07) is 2.56. The van der Waals surface area contributed by atoms with Gasteiger partial charge in [-0.25, -0.2) is 0 Å². The van der Waals surface area contributed by atoms with Crippen LogP contribution in [0.25, 0.3) is 0 Å². The topological polar surface area (TPSA) is 86.8 Å². The predicted molar refractivity (Wildman–Crippen MR) is 64.5 cm³/mol. The summed E-state index contributed by atoms with van der Waals surface area (Å²) in [6.45, 7) is -0.623. The first-order chi connectivity index (χ1) is 9.31. The van der Waals surface area contributed by atoms with E-state index in [0.29, 0.717) is 6.07 Å². The Labute approximate surface area is 112 Å². The Morgan fingerprint density at radius 1 is 1.20 bits per heavy atom. The van der Waals surface area contributed by atoms with Gasteiger partial charge in [0.1, 0.15) is 5.56 Å². The van der Waals surface area contributed by atoms with Crippen molar-refractivity contribution in [1.82, 2.24) is 0 Å². The molecular weight excluding hydrogens is 281 g/mol. The van der Waals surface area contributed by atoms with Gasteiger partial charge in [0, 0.05) is 24.8 Å². The Morgan fingerprint density at radius 3 is 2.15 bits per heavy atom. The van der Waals surface area contributed by atoms with Crippen molar-refractivity contribution < 1.29 is 28.3 Å². The highest BCUT2D eigenvalue weighted by Crippen LogP contribution is 2.38. The summed E-state index contributed by atoms with van der Waals surface area (Å²) in [7, 11) is 0. The summed E-state index contributed by atoms with van der Waals surface area (Å²) >= 11 is 0. The van der Waals surface area contributed by atoms with Gasteiger partial charge in [-0.3, -0.25) is 10.1 Å². The van der Waals surface area contributed by atoms with Crippen LogP contribution in [0.1, 0.15) is 5.56 Å². The highest BCUT2D eigenvalue weighted by Gasteiger charge is 2.38. The smallest absolute Gasteiger partial charge is 0.395 e. The zero-order chi connectivity index (χ0) is 15.3. The van der Waals surface area contributed by atoms with Crippen LogP contribution in [0.15, 0.2) is 18.2 Å². The standard InChI is InChI=1S/C11H13F3N2O4/c12-11(13,14)9-7-8(1-2-10(9)16(19)20)15(3-5-17)4-6-18/h1-2,7,17-18H,3-6H2. The van der Waals surface area contributed by atoms with Crippen LogP contribution in [0.5, 0.6) is 0 Å². The van der Waals surface area contributed by atoms with E-state index in [1.165, 1.54) is 4.90 Å². The van der Waals surface area contributed by atoms with Crippen molar-refractivity contribution in [2.24, 2.45) is 0 Å². The molecule has 0 spiro atoms. The molecule has 0 aliphatic carbocycles. The SMILES string of the molecule is O=[N+]([O-])c1ccc(N(CCO)CCO)cc1C(F)(F)F. The molecule has 1 aromatic carbocycles. The molecule has 0 atom stereocenters. The van der Waals surface area contributed by atoms with Gasteiger partial charge in [0.05, 0.1) is 18.1 Å². The van der Waals surface area contributed by atoms with Gasteiger partial charge in [-0.05, 0) is 12.1 Å². The number of nitro groups is 1. The largest absolute Gasteiger partial charge is 0.423 e. The molecule has 1 aromatic rings. The average Bonchev–Trinajstić information content (AvgIpc) is 2.36. The second-order valence-corrected chi connectivity index (χ2v) is 3.89. The summed E-state index contributed by atoms with van der Waals surface area (Å²) in [4.78, 5) is 10.8. The Morgan fingerprint density at radius 2 is 1.75 bits per heavy atom. The van der Waals surface area contributed by atoms with Crippen molar-refractivity contribution in [2.75, 3.05) is 31.2 Å². The highest BCUT2D eigenvalue weighted by molar-refractivity contribution is 5.56. The molecule has 0 heterocycles. The molecule has 0 aromatic heterocycles. The summed E-state index contributed by atoms with van der Waals surface area (Å²) in [5, 5.41) is 28.3. The van der Waals surface area contributed by atoms with Crippen molar-refractivity contribution in [3.8, 4) is 0 Å². The van der Waals surface area contributed by atoms with Gasteiger partial charge in [0.25, 0.3) is 5.69 Å². The van der Waals surface area contributed by atoms with Crippen LogP contribution in [-0.4, -0.2) is 41.4 Å². The molecule has 20 heavy (non-hydrogen) atoms. The lowest BCUT2D eigenvalue weighted by Gasteiger charge is -2.23. The Kier molecular flexibility index (Phi) is 5.28. The van der Waals surface area contributed by atoms with Crippen LogP contribution in [0, 0.1) is 10.1 Å². The van der Waals surface area contributed by atoms with Gasteiger partial charge in [0.2, 0.25) is 0 Å². The molecule has 6 nitrogen and oxygen atoms in total. The molecule has 1 rings (SSSR count). The number of nitro benzene ring substituents is 1. The molecule has 0 saturated carbocycles. The van der Waals surface area contributed by atoms with E-state index in [-0.39, 0.29) is 32.0 Å². The third-order valence-corrected chi connectivity index (χ3v) is 2.59. The molecule has 0 bridgehead atoms. The predicted octanol–water partition coefficient (Wildman–Crippen LogP) is 1.40. The van der Waals surface area contributed by atoms with Gasteiger partial charge in [0.15, 0.2) is 0 Å². The minimum absolute atomic E-state index is 0.00959. The molecule has 0 aliphatic rings. The van der Waals surface area contributed by atoms with Gasteiger partial charge >= 0.3 is 6.18 Å². The maximum absolute atomic E-state index is 12.8. The third-order valence-electron chi connectivity index (χ3n) is 2.59. The Bertz CT molecular complexity index is 473. The third kappa shape index (κ3) is 3.81. The number of aliphatic hydroxyl groups excluding tert-OH is 2. The molecule has 0 aliphatic heterocycles. The summed E-state index contributed by atoms with van der Waals surface area (Å²) in [5.41, 5.74) is -2.35. The molecule has 0 amide bonds. The van der Waals surface area contributed by atoms with Crippen molar-refractivity contribution >= 4 is 11.4 Å². The number of halogens is 3. The van der Waals surface area contributed by atoms with Crippen LogP contribution in [0.4, 0.5) is 24.5 Å². The molecule has 2 N–H and O–H groups in total. The lowest BCUT2D eigenvalue weighted by molar-refractivity contribution is -0.388. The van der Waals surface area contributed by atoms with E-state index in [9.17, 15) is 23.3 Å². The number of anilines is 1. The van der Waals surface area contributed by atoms with Crippen LogP contribution >= 0.6 is 0 Å². The molecule has 0 unspecified atom stereocenters. The molecule has 0 fully saturated rings.